The number of amides is 2. The second-order valence-corrected chi connectivity index (χ2v) is 12.6. The molecule has 0 spiro atoms. The van der Waals surface area contributed by atoms with Crippen LogP contribution < -0.4 is 10.6 Å². The van der Waals surface area contributed by atoms with E-state index in [1.165, 1.54) is 6.92 Å². The minimum Gasteiger partial charge on any atom is -0.394 e. The Bertz CT molecular complexity index is 1130. The van der Waals surface area contributed by atoms with E-state index in [1.54, 1.807) is 0 Å². The Morgan fingerprint density at radius 3 is 1.58 bits per heavy atom. The van der Waals surface area contributed by atoms with Crippen LogP contribution in [0.25, 0.3) is 0 Å². The molecule has 290 valence electrons. The maximum atomic E-state index is 12.1. The summed E-state index contributed by atoms with van der Waals surface area (Å²) in [5.41, 5.74) is 0. The summed E-state index contributed by atoms with van der Waals surface area (Å²) in [5, 5.41) is 120. The molecular weight excluding hydrogens is 684 g/mol. The van der Waals surface area contributed by atoms with Crippen LogP contribution in [0.5, 0.6) is 0 Å². The van der Waals surface area contributed by atoms with Crippen molar-refractivity contribution in [1.82, 2.24) is 10.6 Å². The van der Waals surface area contributed by atoms with Crippen molar-refractivity contribution in [2.75, 3.05) is 19.8 Å². The molecule has 22 nitrogen and oxygen atoms in total. The number of hydrogen-bond donors (Lipinski definition) is 13. The van der Waals surface area contributed by atoms with E-state index in [2.05, 4.69) is 10.6 Å². The Balaban J connectivity index is 1.77. The summed E-state index contributed by atoms with van der Waals surface area (Å²) in [6, 6.07) is -3.09. The van der Waals surface area contributed by atoms with E-state index in [4.69, 9.17) is 33.2 Å². The largest absolute Gasteiger partial charge is 0.394 e. The number of aliphatic hydroxyl groups is 11. The van der Waals surface area contributed by atoms with Crippen LogP contribution in [-0.4, -0.2) is 211 Å². The second-order valence-electron chi connectivity index (χ2n) is 12.6. The Hall–Kier alpha value is -1.78. The van der Waals surface area contributed by atoms with E-state index >= 15 is 0 Å². The highest BCUT2D eigenvalue weighted by molar-refractivity contribution is 5.73. The van der Waals surface area contributed by atoms with Crippen molar-refractivity contribution >= 4 is 11.8 Å². The third kappa shape index (κ3) is 8.70. The molecule has 4 aliphatic heterocycles. The van der Waals surface area contributed by atoms with Gasteiger partial charge in [0.15, 0.2) is 25.2 Å². The van der Waals surface area contributed by atoms with Crippen LogP contribution in [-0.2, 0) is 42.7 Å². The van der Waals surface area contributed by atoms with Gasteiger partial charge in [-0.05, 0) is 6.92 Å². The van der Waals surface area contributed by atoms with Crippen molar-refractivity contribution in [1.29, 1.82) is 0 Å². The Morgan fingerprint density at radius 1 is 0.520 bits per heavy atom. The summed E-state index contributed by atoms with van der Waals surface area (Å²) < 4.78 is 40.3. The van der Waals surface area contributed by atoms with Gasteiger partial charge < -0.3 is 100.0 Å². The van der Waals surface area contributed by atoms with Crippen LogP contribution >= 0.6 is 0 Å². The van der Waals surface area contributed by atoms with Gasteiger partial charge in [0, 0.05) is 13.8 Å². The molecule has 0 radical (unpaired) electrons. The zero-order chi connectivity index (χ0) is 37.2. The van der Waals surface area contributed by atoms with Gasteiger partial charge in [-0.15, -0.1) is 0 Å². The molecule has 4 saturated heterocycles. The molecule has 0 aromatic rings. The van der Waals surface area contributed by atoms with Gasteiger partial charge in [0.25, 0.3) is 0 Å². The number of rotatable bonds is 11. The lowest BCUT2D eigenvalue weighted by Crippen LogP contribution is -2.70. The topological polar surface area (TPSA) is 345 Å². The summed E-state index contributed by atoms with van der Waals surface area (Å²) in [7, 11) is 0. The standard InChI is InChI=1S/C28H48N2O20/c1-7-15(36)20(41)21(42)27(44-7)50-24-23(49-26-13(29-8(2)34)19(40)16(37)10(4-31)46-26)18(39)12(6-33)47-28(24)48-22-14(30-9(3)35)25(43)45-11(5-32)17(22)38/h7,10-28,31-33,36-43H,4-6H2,1-3H3,(H,29,34)(H,30,35)/t7-,10+,11+,12+,13+,14+,15+,16-,17-,18-,19+,20+,21-,22+,23-,24+,25?,26+,27-,28-/m0/s1. The van der Waals surface area contributed by atoms with Gasteiger partial charge in [-0.1, -0.05) is 0 Å². The Labute approximate surface area is 285 Å². The molecule has 0 saturated carbocycles. The number of ether oxygens (including phenoxy) is 7. The zero-order valence-corrected chi connectivity index (χ0v) is 27.3. The molecular formula is C28H48N2O20. The first kappa shape index (κ1) is 41.0. The van der Waals surface area contributed by atoms with Gasteiger partial charge in [-0.25, -0.2) is 0 Å². The van der Waals surface area contributed by atoms with Gasteiger partial charge in [0.05, 0.1) is 25.9 Å². The predicted octanol–water partition coefficient (Wildman–Crippen LogP) is -8.43. The smallest absolute Gasteiger partial charge is 0.217 e. The molecule has 2 amide bonds. The monoisotopic (exact) mass is 732 g/mol. The highest BCUT2D eigenvalue weighted by atomic mass is 16.8. The van der Waals surface area contributed by atoms with Crippen LogP contribution in [0.15, 0.2) is 0 Å². The average Bonchev–Trinajstić information content (AvgIpc) is 3.07. The number of hydrogen-bond acceptors (Lipinski definition) is 20. The lowest BCUT2D eigenvalue weighted by molar-refractivity contribution is -0.396. The number of carbonyl (C=O) groups is 2. The number of carbonyl (C=O) groups excluding carboxylic acids is 2. The van der Waals surface area contributed by atoms with E-state index < -0.39 is 154 Å². The highest BCUT2D eigenvalue weighted by Gasteiger charge is 2.56. The maximum absolute atomic E-state index is 12.1. The molecule has 4 heterocycles. The van der Waals surface area contributed by atoms with E-state index in [0.717, 1.165) is 13.8 Å². The summed E-state index contributed by atoms with van der Waals surface area (Å²) in [4.78, 5) is 24.1. The van der Waals surface area contributed by atoms with Crippen molar-refractivity contribution in [3.8, 4) is 0 Å². The van der Waals surface area contributed by atoms with Crippen LogP contribution in [0, 0.1) is 0 Å². The Kier molecular flexibility index (Phi) is 14.2. The quantitative estimate of drug-likeness (QED) is 0.0938. The van der Waals surface area contributed by atoms with Crippen LogP contribution in [0.2, 0.25) is 0 Å². The van der Waals surface area contributed by atoms with Gasteiger partial charge in [0.1, 0.15) is 91.4 Å². The lowest BCUT2D eigenvalue weighted by atomic mass is 9.94. The van der Waals surface area contributed by atoms with E-state index in [1.807, 2.05) is 0 Å². The minimum absolute atomic E-state index is 0.707. The van der Waals surface area contributed by atoms with Crippen LogP contribution in [0.1, 0.15) is 20.8 Å². The first-order valence-electron chi connectivity index (χ1n) is 15.9. The molecule has 4 rings (SSSR count). The maximum Gasteiger partial charge on any atom is 0.217 e. The SMILES string of the molecule is CC(=O)N[C@H]1[C@@H](O[C@H]2[C@@H](O)[C@@H](CO)O[C@@H](O[C@H]3[C@@H](O)[C@@H](CO)OC(O)[C@@H]3NC(C)=O)[C@@H]2O[C@@H]2O[C@@H](C)[C@@H](O)[C@@H](O)[C@@H]2O)O[C@H](CO)[C@H](O)[C@@H]1O. The first-order valence-corrected chi connectivity index (χ1v) is 15.9. The molecule has 0 aromatic carbocycles. The van der Waals surface area contributed by atoms with Crippen molar-refractivity contribution in [2.45, 2.75) is 143 Å². The van der Waals surface area contributed by atoms with Crippen molar-refractivity contribution < 1.29 is 98.9 Å². The van der Waals surface area contributed by atoms with Gasteiger partial charge in [-0.3, -0.25) is 9.59 Å². The highest BCUT2D eigenvalue weighted by Crippen LogP contribution is 2.36. The first-order chi connectivity index (χ1) is 23.5. The Morgan fingerprint density at radius 2 is 1.00 bits per heavy atom. The third-order valence-electron chi connectivity index (χ3n) is 8.97. The van der Waals surface area contributed by atoms with Crippen LogP contribution in [0.4, 0.5) is 0 Å². The molecule has 20 atom stereocenters. The number of nitrogens with one attached hydrogen (secondary N) is 2. The third-order valence-corrected chi connectivity index (χ3v) is 8.97. The summed E-state index contributed by atoms with van der Waals surface area (Å²) >= 11 is 0. The molecule has 13 N–H and O–H groups in total. The lowest BCUT2D eigenvalue weighted by Gasteiger charge is -2.51. The van der Waals surface area contributed by atoms with Crippen LogP contribution in [0.3, 0.4) is 0 Å². The van der Waals surface area contributed by atoms with E-state index in [0.29, 0.717) is 0 Å². The molecule has 0 aromatic heterocycles. The summed E-state index contributed by atoms with van der Waals surface area (Å²) in [6.07, 6.45) is -31.1. The summed E-state index contributed by atoms with van der Waals surface area (Å²) in [5.74, 6) is -1.42. The van der Waals surface area contributed by atoms with Gasteiger partial charge >= 0.3 is 0 Å². The molecule has 0 bridgehead atoms. The van der Waals surface area contributed by atoms with Crippen molar-refractivity contribution in [2.24, 2.45) is 0 Å². The zero-order valence-electron chi connectivity index (χ0n) is 27.3. The predicted molar refractivity (Wildman–Crippen MR) is 156 cm³/mol. The average molecular weight is 733 g/mol. The fourth-order valence-corrected chi connectivity index (χ4v) is 6.26. The minimum atomic E-state index is -1.95. The van der Waals surface area contributed by atoms with Gasteiger partial charge in [0.2, 0.25) is 11.8 Å². The molecule has 4 aliphatic rings. The molecule has 0 aliphatic carbocycles. The molecule has 50 heavy (non-hydrogen) atoms. The fourth-order valence-electron chi connectivity index (χ4n) is 6.26. The normalized spacial score (nSPS) is 48.5. The molecule has 4 fully saturated rings. The number of aliphatic hydroxyl groups excluding tert-OH is 11. The van der Waals surface area contributed by atoms with E-state index in [9.17, 15) is 65.8 Å². The van der Waals surface area contributed by atoms with Crippen molar-refractivity contribution in [3.63, 3.8) is 0 Å². The van der Waals surface area contributed by atoms with Gasteiger partial charge in [-0.2, -0.15) is 0 Å². The summed E-state index contributed by atoms with van der Waals surface area (Å²) in [6.45, 7) is 0.914. The fraction of sp³-hybridized carbons (Fsp3) is 0.929. The molecule has 1 unspecified atom stereocenters. The van der Waals surface area contributed by atoms with Crippen molar-refractivity contribution in [3.05, 3.63) is 0 Å². The molecule has 22 heteroatoms. The second kappa shape index (κ2) is 17.4. The van der Waals surface area contributed by atoms with E-state index in [-0.39, 0.29) is 0 Å².